The van der Waals surface area contributed by atoms with Gasteiger partial charge in [0.05, 0.1) is 40.2 Å². The summed E-state index contributed by atoms with van der Waals surface area (Å²) in [7, 11) is 3.69. The second-order valence-corrected chi connectivity index (χ2v) is 7.30. The molecule has 0 radical (unpaired) electrons. The molecule has 2 aromatic carbocycles. The molecule has 0 aliphatic carbocycles. The Morgan fingerprint density at radius 1 is 1.03 bits per heavy atom. The van der Waals surface area contributed by atoms with Gasteiger partial charge in [-0.15, -0.1) is 0 Å². The predicted octanol–water partition coefficient (Wildman–Crippen LogP) is 2.21. The number of aryl methyl sites for hydroxylation is 2. The average molecular weight is 410 g/mol. The molecule has 0 fully saturated rings. The second-order valence-electron chi connectivity index (χ2n) is 7.30. The van der Waals surface area contributed by atoms with Crippen molar-refractivity contribution in [2.45, 2.75) is 6.54 Å². The quantitative estimate of drug-likeness (QED) is 0.469. The fourth-order valence-corrected chi connectivity index (χ4v) is 4.06. The number of rotatable bonds is 3. The Balaban J connectivity index is 1.78. The molecule has 0 aliphatic heterocycles. The Labute approximate surface area is 176 Å². The maximum absolute atomic E-state index is 12.2. The molecule has 9 nitrogen and oxygen atoms in total. The molecule has 152 valence electrons. The predicted molar refractivity (Wildman–Crippen MR) is 117 cm³/mol. The highest BCUT2D eigenvalue weighted by Gasteiger charge is 2.20. The summed E-state index contributed by atoms with van der Waals surface area (Å²) >= 11 is 0. The zero-order valence-electron chi connectivity index (χ0n) is 16.9. The maximum Gasteiger partial charge on any atom is 0.272 e. The third-order valence-electron chi connectivity index (χ3n) is 5.61. The van der Waals surface area contributed by atoms with Crippen LogP contribution < -0.4 is 11.3 Å². The van der Waals surface area contributed by atoms with Crippen LogP contribution in [0.4, 0.5) is 0 Å². The first-order valence-corrected chi connectivity index (χ1v) is 9.62. The van der Waals surface area contributed by atoms with E-state index in [9.17, 15) is 10.1 Å². The number of aromatic amines is 1. The molecule has 0 saturated heterocycles. The number of nitrogens with two attached hydrogens (primary N) is 1. The summed E-state index contributed by atoms with van der Waals surface area (Å²) in [6.07, 6.45) is 3.46. The fraction of sp³-hybridized carbons (Fsp3) is 0.136. The summed E-state index contributed by atoms with van der Waals surface area (Å²) in [6.45, 7) is 0.201. The van der Waals surface area contributed by atoms with Gasteiger partial charge in [-0.05, 0) is 29.8 Å². The summed E-state index contributed by atoms with van der Waals surface area (Å²) in [5.74, 6) is 0. The van der Waals surface area contributed by atoms with Crippen LogP contribution in [0.2, 0.25) is 0 Å². The normalized spacial score (nSPS) is 11.3. The summed E-state index contributed by atoms with van der Waals surface area (Å²) in [6, 6.07) is 11.7. The highest BCUT2D eigenvalue weighted by Crippen LogP contribution is 2.37. The van der Waals surface area contributed by atoms with Crippen molar-refractivity contribution in [2.75, 3.05) is 0 Å². The van der Waals surface area contributed by atoms with Crippen molar-refractivity contribution in [1.82, 2.24) is 29.8 Å². The van der Waals surface area contributed by atoms with Crippen LogP contribution in [0.3, 0.4) is 0 Å². The number of aromatic nitrogens is 6. The van der Waals surface area contributed by atoms with Crippen molar-refractivity contribution in [3.8, 4) is 28.5 Å². The Morgan fingerprint density at radius 3 is 2.61 bits per heavy atom. The van der Waals surface area contributed by atoms with Crippen LogP contribution in [0.5, 0.6) is 0 Å². The SMILES string of the molecule is Cn1ncc(-c2ccc3c(=O)[nH]nc(CN)c3c2)c1-c1ccc2c(cnn2C)c1C#N. The Kier molecular flexibility index (Phi) is 4.16. The number of nitrogens with one attached hydrogen (secondary N) is 1. The molecule has 3 heterocycles. The van der Waals surface area contributed by atoms with Crippen LogP contribution in [-0.4, -0.2) is 29.8 Å². The lowest BCUT2D eigenvalue weighted by Crippen LogP contribution is -2.13. The molecule has 0 saturated carbocycles. The molecular formula is C22H18N8O. The zero-order valence-corrected chi connectivity index (χ0v) is 16.9. The molecular weight excluding hydrogens is 392 g/mol. The number of hydrogen-bond acceptors (Lipinski definition) is 6. The lowest BCUT2D eigenvalue weighted by Gasteiger charge is -2.11. The van der Waals surface area contributed by atoms with Gasteiger partial charge in [0, 0.05) is 42.5 Å². The smallest absolute Gasteiger partial charge is 0.272 e. The fourth-order valence-electron chi connectivity index (χ4n) is 4.06. The molecule has 5 aromatic rings. The number of fused-ring (bicyclic) bond motifs is 2. The van der Waals surface area contributed by atoms with Crippen molar-refractivity contribution in [3.05, 3.63) is 64.3 Å². The van der Waals surface area contributed by atoms with E-state index in [1.165, 1.54) is 0 Å². The van der Waals surface area contributed by atoms with E-state index >= 15 is 0 Å². The first-order valence-electron chi connectivity index (χ1n) is 9.62. The Morgan fingerprint density at radius 2 is 1.84 bits per heavy atom. The van der Waals surface area contributed by atoms with Crippen molar-refractivity contribution >= 4 is 21.7 Å². The van der Waals surface area contributed by atoms with Crippen LogP contribution in [0.25, 0.3) is 44.1 Å². The minimum Gasteiger partial charge on any atom is -0.325 e. The molecule has 5 rings (SSSR count). The van der Waals surface area contributed by atoms with E-state index in [-0.39, 0.29) is 12.1 Å². The molecule has 0 unspecified atom stereocenters. The topological polar surface area (TPSA) is 131 Å². The van der Waals surface area contributed by atoms with Crippen LogP contribution in [0.15, 0.2) is 47.5 Å². The van der Waals surface area contributed by atoms with E-state index in [0.29, 0.717) is 22.0 Å². The maximum atomic E-state index is 12.2. The molecule has 0 bridgehead atoms. The summed E-state index contributed by atoms with van der Waals surface area (Å²) in [4.78, 5) is 12.2. The van der Waals surface area contributed by atoms with Gasteiger partial charge in [0.25, 0.3) is 5.56 Å². The van der Waals surface area contributed by atoms with Crippen molar-refractivity contribution in [3.63, 3.8) is 0 Å². The minimum absolute atomic E-state index is 0.201. The number of nitrogens with zero attached hydrogens (tertiary/aromatic N) is 6. The van der Waals surface area contributed by atoms with Gasteiger partial charge in [-0.25, -0.2) is 5.10 Å². The van der Waals surface area contributed by atoms with Gasteiger partial charge in [-0.3, -0.25) is 14.2 Å². The first kappa shape index (κ1) is 18.7. The molecule has 31 heavy (non-hydrogen) atoms. The molecule has 0 amide bonds. The summed E-state index contributed by atoms with van der Waals surface area (Å²) < 4.78 is 3.49. The van der Waals surface area contributed by atoms with E-state index in [4.69, 9.17) is 5.73 Å². The van der Waals surface area contributed by atoms with Gasteiger partial charge in [0.1, 0.15) is 6.07 Å². The Hall–Kier alpha value is -4.29. The van der Waals surface area contributed by atoms with Gasteiger partial charge >= 0.3 is 0 Å². The highest BCUT2D eigenvalue weighted by molar-refractivity contribution is 5.96. The Bertz CT molecular complexity index is 1580. The van der Waals surface area contributed by atoms with Gasteiger partial charge in [-0.2, -0.15) is 20.6 Å². The molecule has 0 spiro atoms. The first-order chi connectivity index (χ1) is 15.0. The van der Waals surface area contributed by atoms with Gasteiger partial charge in [-0.1, -0.05) is 6.07 Å². The van der Waals surface area contributed by atoms with E-state index in [2.05, 4.69) is 26.5 Å². The van der Waals surface area contributed by atoms with E-state index in [1.54, 1.807) is 27.8 Å². The minimum atomic E-state index is -0.265. The van der Waals surface area contributed by atoms with E-state index < -0.39 is 0 Å². The van der Waals surface area contributed by atoms with Crippen LogP contribution >= 0.6 is 0 Å². The largest absolute Gasteiger partial charge is 0.325 e. The lowest BCUT2D eigenvalue weighted by atomic mass is 9.95. The monoisotopic (exact) mass is 410 g/mol. The van der Waals surface area contributed by atoms with E-state index in [0.717, 1.165) is 33.3 Å². The third kappa shape index (κ3) is 2.73. The number of H-pyrrole nitrogens is 1. The van der Waals surface area contributed by atoms with Crippen LogP contribution in [0, 0.1) is 11.3 Å². The number of hydrogen-bond donors (Lipinski definition) is 2. The van der Waals surface area contributed by atoms with Crippen molar-refractivity contribution in [2.24, 2.45) is 19.8 Å². The van der Waals surface area contributed by atoms with Gasteiger partial charge < -0.3 is 5.73 Å². The number of nitriles is 1. The van der Waals surface area contributed by atoms with Crippen molar-refractivity contribution in [1.29, 1.82) is 5.26 Å². The zero-order chi connectivity index (χ0) is 21.7. The molecule has 0 atom stereocenters. The van der Waals surface area contributed by atoms with E-state index in [1.807, 2.05) is 38.4 Å². The van der Waals surface area contributed by atoms with Crippen molar-refractivity contribution < 1.29 is 0 Å². The van der Waals surface area contributed by atoms with Gasteiger partial charge in [0.2, 0.25) is 0 Å². The average Bonchev–Trinajstić information content (AvgIpc) is 3.35. The lowest BCUT2D eigenvalue weighted by molar-refractivity contribution is 0.776. The molecule has 0 aliphatic rings. The second kappa shape index (κ2) is 6.90. The van der Waals surface area contributed by atoms with Crippen LogP contribution in [0.1, 0.15) is 11.3 Å². The third-order valence-corrected chi connectivity index (χ3v) is 5.61. The van der Waals surface area contributed by atoms with Crippen LogP contribution in [-0.2, 0) is 20.6 Å². The van der Waals surface area contributed by atoms with Gasteiger partial charge in [0.15, 0.2) is 0 Å². The highest BCUT2D eigenvalue weighted by atomic mass is 16.1. The molecule has 3 N–H and O–H groups in total. The standard InChI is InChI=1S/C22H18N8O/c1-29-20-6-5-13(16(8-23)18(20)11-25-29)21-17(10-26-30(21)2)12-3-4-14-15(7-12)19(9-24)27-28-22(14)31/h3-7,10-11H,9,24H2,1-2H3,(H,28,31). The number of benzene rings is 2. The summed E-state index contributed by atoms with van der Waals surface area (Å²) in [5.41, 5.74) is 10.9. The summed E-state index contributed by atoms with van der Waals surface area (Å²) in [5, 5.41) is 27.2. The molecule has 9 heteroatoms. The molecule has 3 aromatic heterocycles.